The van der Waals surface area contributed by atoms with Gasteiger partial charge in [-0.1, -0.05) is 31.0 Å². The quantitative estimate of drug-likeness (QED) is 0.537. The first-order chi connectivity index (χ1) is 16.5. The molecule has 35 heavy (non-hydrogen) atoms. The van der Waals surface area contributed by atoms with Gasteiger partial charge in [0.05, 0.1) is 16.3 Å². The molecule has 2 N–H and O–H groups in total. The summed E-state index contributed by atoms with van der Waals surface area (Å²) in [4.78, 5) is 39.3. The average Bonchev–Trinajstić information content (AvgIpc) is 3.15. The average molecular weight is 499 g/mol. The van der Waals surface area contributed by atoms with E-state index in [1.807, 2.05) is 11.9 Å². The molecule has 188 valence electrons. The molecule has 2 saturated carbocycles. The van der Waals surface area contributed by atoms with Crippen LogP contribution >= 0.6 is 11.6 Å². The van der Waals surface area contributed by atoms with Crippen LogP contribution in [0.1, 0.15) is 76.1 Å². The second-order valence-corrected chi connectivity index (χ2v) is 12.2. The van der Waals surface area contributed by atoms with Gasteiger partial charge in [0.25, 0.3) is 0 Å². The third kappa shape index (κ3) is 3.62. The number of piperidine rings is 1. The lowest BCUT2D eigenvalue weighted by atomic mass is 9.48. The van der Waals surface area contributed by atoms with Crippen molar-refractivity contribution < 1.29 is 19.5 Å². The molecule has 0 aromatic heterocycles. The number of nitrogens with zero attached hydrogens (tertiary/aromatic N) is 1. The van der Waals surface area contributed by atoms with Gasteiger partial charge in [-0.2, -0.15) is 0 Å². The number of halogens is 1. The summed E-state index contributed by atoms with van der Waals surface area (Å²) >= 11 is 6.29. The molecule has 0 spiro atoms. The second kappa shape index (κ2) is 8.36. The number of likely N-dealkylation sites (tertiary alicyclic amines) is 1. The Balaban J connectivity index is 1.41. The highest BCUT2D eigenvalue weighted by atomic mass is 35.5. The van der Waals surface area contributed by atoms with E-state index in [-0.39, 0.29) is 34.1 Å². The summed E-state index contributed by atoms with van der Waals surface area (Å²) in [6.45, 7) is 6.85. The zero-order valence-corrected chi connectivity index (χ0v) is 21.7. The van der Waals surface area contributed by atoms with E-state index in [4.69, 9.17) is 11.6 Å². The van der Waals surface area contributed by atoms with Crippen molar-refractivity contribution in [3.05, 3.63) is 40.1 Å². The molecule has 3 fully saturated rings. The number of nitrogens with one attached hydrogen (secondary N) is 1. The van der Waals surface area contributed by atoms with Crippen LogP contribution in [0, 0.1) is 34.5 Å². The minimum atomic E-state index is -1.05. The first kappa shape index (κ1) is 24.4. The van der Waals surface area contributed by atoms with Gasteiger partial charge in [-0.05, 0) is 86.8 Å². The summed E-state index contributed by atoms with van der Waals surface area (Å²) in [7, 11) is 1.94. The lowest BCUT2D eigenvalue weighted by Crippen LogP contribution is -2.54. The van der Waals surface area contributed by atoms with Crippen molar-refractivity contribution in [2.45, 2.75) is 65.7 Å². The maximum Gasteiger partial charge on any atom is 0.335 e. The van der Waals surface area contributed by atoms with Crippen LogP contribution < -0.4 is 5.32 Å². The number of benzene rings is 1. The molecule has 5 rings (SSSR count). The van der Waals surface area contributed by atoms with Gasteiger partial charge < -0.3 is 15.3 Å². The summed E-state index contributed by atoms with van der Waals surface area (Å²) in [5.41, 5.74) is 2.96. The Hall–Kier alpha value is -2.34. The van der Waals surface area contributed by atoms with Crippen molar-refractivity contribution in [3.8, 4) is 0 Å². The van der Waals surface area contributed by atoms with Crippen LogP contribution in [-0.4, -0.2) is 34.8 Å². The highest BCUT2D eigenvalue weighted by Gasteiger charge is 2.61. The Labute approximate surface area is 212 Å². The predicted octanol–water partition coefficient (Wildman–Crippen LogP) is 5.97. The molecule has 6 atom stereocenters. The Kier molecular flexibility index (Phi) is 5.82. The summed E-state index contributed by atoms with van der Waals surface area (Å²) in [6.07, 6.45) is 6.41. The molecule has 7 heteroatoms. The van der Waals surface area contributed by atoms with Crippen LogP contribution in [0.25, 0.3) is 0 Å². The monoisotopic (exact) mass is 498 g/mol. The lowest BCUT2D eigenvalue weighted by Gasteiger charge is -2.59. The van der Waals surface area contributed by atoms with Crippen molar-refractivity contribution >= 4 is 35.1 Å². The largest absolute Gasteiger partial charge is 0.478 e. The third-order valence-electron chi connectivity index (χ3n) is 10.1. The molecular formula is C28H35ClN2O4. The molecule has 2 amide bonds. The van der Waals surface area contributed by atoms with Crippen molar-refractivity contribution in [3.63, 3.8) is 0 Å². The fourth-order valence-electron chi connectivity index (χ4n) is 8.51. The molecule has 6 unspecified atom stereocenters. The number of carbonyl (C=O) groups excluding carboxylic acids is 2. The highest BCUT2D eigenvalue weighted by molar-refractivity contribution is 6.33. The Bertz CT molecular complexity index is 1150. The minimum absolute atomic E-state index is 0.0160. The van der Waals surface area contributed by atoms with Gasteiger partial charge in [0.15, 0.2) is 0 Å². The van der Waals surface area contributed by atoms with Crippen molar-refractivity contribution in [2.75, 3.05) is 12.4 Å². The van der Waals surface area contributed by atoms with Crippen molar-refractivity contribution in [1.82, 2.24) is 4.90 Å². The summed E-state index contributed by atoms with van der Waals surface area (Å²) < 4.78 is 0. The topological polar surface area (TPSA) is 86.7 Å². The van der Waals surface area contributed by atoms with E-state index < -0.39 is 5.97 Å². The molecule has 1 aromatic rings. The second-order valence-electron chi connectivity index (χ2n) is 11.7. The number of aromatic carboxylic acids is 1. The zero-order valence-electron chi connectivity index (χ0n) is 21.0. The Morgan fingerprint density at radius 2 is 1.89 bits per heavy atom. The van der Waals surface area contributed by atoms with E-state index in [2.05, 4.69) is 26.1 Å². The van der Waals surface area contributed by atoms with Crippen LogP contribution in [-0.2, 0) is 9.59 Å². The van der Waals surface area contributed by atoms with E-state index in [9.17, 15) is 19.5 Å². The summed E-state index contributed by atoms with van der Waals surface area (Å²) in [5.74, 6) is 0.474. The maximum atomic E-state index is 13.5. The molecule has 0 radical (unpaired) electrons. The molecule has 1 saturated heterocycles. The number of fused-ring (bicyclic) bond motifs is 5. The molecule has 3 aliphatic carbocycles. The number of amides is 2. The van der Waals surface area contributed by atoms with Gasteiger partial charge in [-0.15, -0.1) is 0 Å². The molecular weight excluding hydrogens is 464 g/mol. The SMILES string of the molecule is CC1=C2N(C)C(=O)CCC2(C)C2CCC3(C)C(C(=O)Nc4cc(C(=O)O)ccc4Cl)CCC3C2C1. The lowest BCUT2D eigenvalue weighted by molar-refractivity contribution is -0.137. The smallest absolute Gasteiger partial charge is 0.335 e. The van der Waals surface area contributed by atoms with Gasteiger partial charge >= 0.3 is 5.97 Å². The molecule has 1 heterocycles. The van der Waals surface area contributed by atoms with Crippen molar-refractivity contribution in [2.24, 2.45) is 34.5 Å². The highest BCUT2D eigenvalue weighted by Crippen LogP contribution is 2.67. The van der Waals surface area contributed by atoms with E-state index in [0.29, 0.717) is 34.9 Å². The van der Waals surface area contributed by atoms with Gasteiger partial charge in [0, 0.05) is 30.5 Å². The summed E-state index contributed by atoms with van der Waals surface area (Å²) in [5, 5.41) is 12.6. The van der Waals surface area contributed by atoms with E-state index in [0.717, 1.165) is 38.5 Å². The first-order valence-electron chi connectivity index (χ1n) is 12.8. The van der Waals surface area contributed by atoms with Crippen LogP contribution in [0.4, 0.5) is 5.69 Å². The number of carbonyl (C=O) groups is 3. The zero-order chi connectivity index (χ0) is 25.3. The van der Waals surface area contributed by atoms with Gasteiger partial charge in [-0.25, -0.2) is 4.79 Å². The number of rotatable bonds is 3. The van der Waals surface area contributed by atoms with Gasteiger partial charge in [0.2, 0.25) is 11.8 Å². The molecule has 6 nitrogen and oxygen atoms in total. The van der Waals surface area contributed by atoms with Gasteiger partial charge in [0.1, 0.15) is 0 Å². The maximum absolute atomic E-state index is 13.5. The Morgan fingerprint density at radius 1 is 1.14 bits per heavy atom. The number of hydrogen-bond acceptors (Lipinski definition) is 3. The molecule has 1 aromatic carbocycles. The number of anilines is 1. The van der Waals surface area contributed by atoms with E-state index in [1.165, 1.54) is 29.5 Å². The minimum Gasteiger partial charge on any atom is -0.478 e. The van der Waals surface area contributed by atoms with E-state index >= 15 is 0 Å². The third-order valence-corrected chi connectivity index (χ3v) is 10.4. The van der Waals surface area contributed by atoms with E-state index in [1.54, 1.807) is 0 Å². The number of allylic oxidation sites excluding steroid dienone is 2. The molecule has 1 aliphatic heterocycles. The fourth-order valence-corrected chi connectivity index (χ4v) is 8.68. The van der Waals surface area contributed by atoms with Crippen LogP contribution in [0.2, 0.25) is 5.02 Å². The predicted molar refractivity (Wildman–Crippen MR) is 135 cm³/mol. The first-order valence-corrected chi connectivity index (χ1v) is 13.2. The van der Waals surface area contributed by atoms with Crippen LogP contribution in [0.5, 0.6) is 0 Å². The van der Waals surface area contributed by atoms with Crippen molar-refractivity contribution in [1.29, 1.82) is 0 Å². The van der Waals surface area contributed by atoms with Crippen LogP contribution in [0.3, 0.4) is 0 Å². The Morgan fingerprint density at radius 3 is 2.60 bits per heavy atom. The standard InChI is InChI=1S/C28H35ClN2O4/c1-15-13-17-18-6-7-20(25(33)30-22-14-16(26(34)35)5-8-21(22)29)27(18,2)11-9-19(17)28(3)12-10-23(32)31(4)24(15)28/h5,8,14,17-20H,6-7,9-13H2,1-4H3,(H,30,33)(H,34,35). The molecule has 4 aliphatic rings. The number of hydrogen-bond donors (Lipinski definition) is 2. The normalized spacial score (nSPS) is 36.4. The fraction of sp³-hybridized carbons (Fsp3) is 0.607. The van der Waals surface area contributed by atoms with Gasteiger partial charge in [-0.3, -0.25) is 9.59 Å². The number of carboxylic acid groups (broad SMARTS) is 1. The molecule has 0 bridgehead atoms. The summed E-state index contributed by atoms with van der Waals surface area (Å²) in [6, 6.07) is 4.40. The van der Waals surface area contributed by atoms with Crippen LogP contribution in [0.15, 0.2) is 29.5 Å². The number of carboxylic acids is 1.